The van der Waals surface area contributed by atoms with Crippen LogP contribution in [0.3, 0.4) is 0 Å². The van der Waals surface area contributed by atoms with E-state index in [0.717, 1.165) is 4.47 Å². The van der Waals surface area contributed by atoms with Crippen LogP contribution < -0.4 is 9.47 Å². The summed E-state index contributed by atoms with van der Waals surface area (Å²) in [5.74, 6) is 0.955. The van der Waals surface area contributed by atoms with E-state index >= 15 is 0 Å². The number of fused-ring (bicyclic) bond motifs is 1. The van der Waals surface area contributed by atoms with Gasteiger partial charge >= 0.3 is 0 Å². The van der Waals surface area contributed by atoms with Crippen molar-refractivity contribution in [1.29, 1.82) is 0 Å². The quantitative estimate of drug-likeness (QED) is 0.607. The maximum Gasteiger partial charge on any atom is 0.267 e. The molecule has 1 atom stereocenters. The number of piperazine rings is 1. The molecule has 0 unspecified atom stereocenters. The second kappa shape index (κ2) is 9.51. The SMILES string of the molecule is O=C(CCC(=O)N1CCN(C(=O)[C@@H]2COc3ccccc3O2)CC1)c1ccc(Br)cc1. The number of carbonyl (C=O) groups excluding carboxylic acids is 3. The summed E-state index contributed by atoms with van der Waals surface area (Å²) in [6.45, 7) is 1.94. The summed E-state index contributed by atoms with van der Waals surface area (Å²) in [6, 6.07) is 14.4. The fourth-order valence-corrected chi connectivity index (χ4v) is 3.94. The number of ketones is 1. The first kappa shape index (κ1) is 21.4. The second-order valence-corrected chi connectivity index (χ2v) is 8.42. The molecule has 31 heavy (non-hydrogen) atoms. The largest absolute Gasteiger partial charge is 0.485 e. The highest BCUT2D eigenvalue weighted by Crippen LogP contribution is 2.31. The number of Topliss-reactive ketones (excluding diaryl/α,β-unsaturated/α-hetero) is 1. The first-order chi connectivity index (χ1) is 15.0. The van der Waals surface area contributed by atoms with Crippen LogP contribution in [-0.2, 0) is 9.59 Å². The Labute approximate surface area is 189 Å². The summed E-state index contributed by atoms with van der Waals surface area (Å²) in [4.78, 5) is 41.0. The predicted octanol–water partition coefficient (Wildman–Crippen LogP) is 2.92. The highest BCUT2D eigenvalue weighted by Gasteiger charge is 2.33. The summed E-state index contributed by atoms with van der Waals surface area (Å²) in [5, 5.41) is 0. The molecule has 2 aliphatic rings. The molecule has 0 spiro atoms. The molecule has 0 aromatic heterocycles. The molecule has 2 aromatic rings. The molecule has 1 fully saturated rings. The normalized spacial score (nSPS) is 17.9. The van der Waals surface area contributed by atoms with E-state index in [4.69, 9.17) is 9.47 Å². The van der Waals surface area contributed by atoms with Gasteiger partial charge in [-0.2, -0.15) is 0 Å². The Morgan fingerprint density at radius 2 is 1.52 bits per heavy atom. The Kier molecular flexibility index (Phi) is 6.56. The smallest absolute Gasteiger partial charge is 0.267 e. The first-order valence-electron chi connectivity index (χ1n) is 10.2. The van der Waals surface area contributed by atoms with E-state index in [1.807, 2.05) is 30.3 Å². The van der Waals surface area contributed by atoms with E-state index in [9.17, 15) is 14.4 Å². The van der Waals surface area contributed by atoms with E-state index in [-0.39, 0.29) is 37.0 Å². The summed E-state index contributed by atoms with van der Waals surface area (Å²) >= 11 is 3.34. The molecule has 0 N–H and O–H groups in total. The molecule has 2 amide bonds. The van der Waals surface area contributed by atoms with Crippen molar-refractivity contribution in [2.24, 2.45) is 0 Å². The van der Waals surface area contributed by atoms with E-state index in [1.54, 1.807) is 28.0 Å². The van der Waals surface area contributed by atoms with Crippen LogP contribution in [0.4, 0.5) is 0 Å². The third-order valence-electron chi connectivity index (χ3n) is 5.46. The number of hydrogen-bond donors (Lipinski definition) is 0. The number of amides is 2. The minimum absolute atomic E-state index is 0.0515. The summed E-state index contributed by atoms with van der Waals surface area (Å²) in [6.07, 6.45) is -0.341. The van der Waals surface area contributed by atoms with Crippen molar-refractivity contribution in [3.63, 3.8) is 0 Å². The van der Waals surface area contributed by atoms with Crippen molar-refractivity contribution in [2.75, 3.05) is 32.8 Å². The molecule has 2 aromatic carbocycles. The number of hydrogen-bond acceptors (Lipinski definition) is 5. The van der Waals surface area contributed by atoms with E-state index in [1.165, 1.54) is 0 Å². The standard InChI is InChI=1S/C23H23BrN2O5/c24-17-7-5-16(6-8-17)18(27)9-10-22(28)25-11-13-26(14-12-25)23(29)21-15-30-19-3-1-2-4-20(19)31-21/h1-8,21H,9-15H2/t21-/m0/s1. The average Bonchev–Trinajstić information content (AvgIpc) is 2.82. The van der Waals surface area contributed by atoms with Crippen LogP contribution in [0.25, 0.3) is 0 Å². The third-order valence-corrected chi connectivity index (χ3v) is 5.99. The number of carbonyl (C=O) groups is 3. The van der Waals surface area contributed by atoms with Crippen LogP contribution >= 0.6 is 15.9 Å². The molecule has 0 aliphatic carbocycles. The molecule has 2 heterocycles. The zero-order valence-corrected chi connectivity index (χ0v) is 18.5. The Hall–Kier alpha value is -2.87. The molecule has 8 heteroatoms. The average molecular weight is 487 g/mol. The topological polar surface area (TPSA) is 76.2 Å². The monoisotopic (exact) mass is 486 g/mol. The highest BCUT2D eigenvalue weighted by molar-refractivity contribution is 9.10. The number of benzene rings is 2. The van der Waals surface area contributed by atoms with Crippen molar-refractivity contribution in [2.45, 2.75) is 18.9 Å². The third kappa shape index (κ3) is 5.07. The summed E-state index contributed by atoms with van der Waals surface area (Å²) in [5.41, 5.74) is 0.600. The van der Waals surface area contributed by atoms with Gasteiger partial charge in [0.2, 0.25) is 12.0 Å². The Balaban J connectivity index is 1.24. The Morgan fingerprint density at radius 3 is 2.23 bits per heavy atom. The number of para-hydroxylation sites is 2. The van der Waals surface area contributed by atoms with Gasteiger partial charge in [-0.25, -0.2) is 0 Å². The maximum atomic E-state index is 12.8. The first-order valence-corrected chi connectivity index (χ1v) is 11.0. The second-order valence-electron chi connectivity index (χ2n) is 7.50. The lowest BCUT2D eigenvalue weighted by Gasteiger charge is -2.37. The molecule has 0 saturated carbocycles. The zero-order valence-electron chi connectivity index (χ0n) is 17.0. The van der Waals surface area contributed by atoms with Gasteiger partial charge in [-0.1, -0.05) is 40.2 Å². The molecule has 0 bridgehead atoms. The molecular formula is C23H23BrN2O5. The van der Waals surface area contributed by atoms with Crippen molar-refractivity contribution in [1.82, 2.24) is 9.80 Å². The van der Waals surface area contributed by atoms with Gasteiger partial charge in [-0.15, -0.1) is 0 Å². The van der Waals surface area contributed by atoms with Crippen molar-refractivity contribution in [3.8, 4) is 11.5 Å². The molecule has 162 valence electrons. The van der Waals surface area contributed by atoms with Crippen molar-refractivity contribution >= 4 is 33.5 Å². The molecule has 1 saturated heterocycles. The Morgan fingerprint density at radius 1 is 0.871 bits per heavy atom. The molecular weight excluding hydrogens is 464 g/mol. The number of ether oxygens (including phenoxy) is 2. The van der Waals surface area contributed by atoms with Crippen LogP contribution in [0.1, 0.15) is 23.2 Å². The number of rotatable bonds is 5. The van der Waals surface area contributed by atoms with E-state index in [0.29, 0.717) is 43.2 Å². The van der Waals surface area contributed by atoms with Crippen LogP contribution in [0.15, 0.2) is 53.0 Å². The van der Waals surface area contributed by atoms with Crippen LogP contribution in [0.5, 0.6) is 11.5 Å². The van der Waals surface area contributed by atoms with Crippen molar-refractivity contribution < 1.29 is 23.9 Å². The van der Waals surface area contributed by atoms with Gasteiger partial charge < -0.3 is 19.3 Å². The molecule has 2 aliphatic heterocycles. The minimum atomic E-state index is -0.680. The molecule has 7 nitrogen and oxygen atoms in total. The van der Waals surface area contributed by atoms with Crippen LogP contribution in [-0.4, -0.2) is 66.3 Å². The predicted molar refractivity (Wildman–Crippen MR) is 117 cm³/mol. The van der Waals surface area contributed by atoms with E-state index < -0.39 is 6.10 Å². The van der Waals surface area contributed by atoms with Crippen molar-refractivity contribution in [3.05, 3.63) is 58.6 Å². The molecule has 4 rings (SSSR count). The van der Waals surface area contributed by atoms with Gasteiger partial charge in [0.1, 0.15) is 6.61 Å². The molecule has 0 radical (unpaired) electrons. The van der Waals surface area contributed by atoms with Gasteiger partial charge in [0.15, 0.2) is 17.3 Å². The van der Waals surface area contributed by atoms with Gasteiger partial charge in [0, 0.05) is 49.1 Å². The minimum Gasteiger partial charge on any atom is -0.485 e. The van der Waals surface area contributed by atoms with Crippen LogP contribution in [0.2, 0.25) is 0 Å². The number of halogens is 1. The fraction of sp³-hybridized carbons (Fsp3) is 0.348. The number of nitrogens with zero attached hydrogens (tertiary/aromatic N) is 2. The zero-order chi connectivity index (χ0) is 21.8. The van der Waals surface area contributed by atoms with Crippen LogP contribution in [0, 0.1) is 0 Å². The highest BCUT2D eigenvalue weighted by atomic mass is 79.9. The summed E-state index contributed by atoms with van der Waals surface area (Å²) < 4.78 is 12.3. The fourth-order valence-electron chi connectivity index (χ4n) is 3.68. The van der Waals surface area contributed by atoms with Gasteiger partial charge in [0.25, 0.3) is 5.91 Å². The summed E-state index contributed by atoms with van der Waals surface area (Å²) in [7, 11) is 0. The van der Waals surface area contributed by atoms with Gasteiger partial charge in [0.05, 0.1) is 0 Å². The lowest BCUT2D eigenvalue weighted by molar-refractivity contribution is -0.146. The lowest BCUT2D eigenvalue weighted by atomic mass is 10.1. The van der Waals surface area contributed by atoms with Gasteiger partial charge in [-0.3, -0.25) is 14.4 Å². The lowest BCUT2D eigenvalue weighted by Crippen LogP contribution is -2.55. The van der Waals surface area contributed by atoms with E-state index in [2.05, 4.69) is 15.9 Å². The maximum absolute atomic E-state index is 12.8. The van der Waals surface area contributed by atoms with Gasteiger partial charge in [-0.05, 0) is 24.3 Å². The Bertz CT molecular complexity index is 970.